The first kappa shape index (κ1) is 16.7. The fourth-order valence-corrected chi connectivity index (χ4v) is 2.37. The molecule has 1 aromatic rings. The number of aromatic nitrogens is 1. The molecule has 0 atom stereocenters. The predicted octanol–water partition coefficient (Wildman–Crippen LogP) is 2.80. The highest BCUT2D eigenvalue weighted by Crippen LogP contribution is 2.28. The standard InChI is InChI=1S/C15H22ClN3O3/c1-15(2,3)22-14(20)19-9-7-18(8-10-19)13-11(21-4)5-6-12(16)17-13/h5-6H,7-10H2,1-4H3. The molecule has 1 amide bonds. The molecule has 1 aromatic heterocycles. The van der Waals surface area contributed by atoms with E-state index in [2.05, 4.69) is 9.88 Å². The molecule has 2 heterocycles. The Morgan fingerprint density at radius 2 is 1.86 bits per heavy atom. The number of amides is 1. The van der Waals surface area contributed by atoms with E-state index in [0.717, 1.165) is 0 Å². The molecule has 0 unspecified atom stereocenters. The Balaban J connectivity index is 2.00. The fourth-order valence-electron chi connectivity index (χ4n) is 2.23. The predicted molar refractivity (Wildman–Crippen MR) is 85.8 cm³/mol. The van der Waals surface area contributed by atoms with Crippen LogP contribution in [0.1, 0.15) is 20.8 Å². The van der Waals surface area contributed by atoms with E-state index in [4.69, 9.17) is 21.1 Å². The van der Waals surface area contributed by atoms with Crippen LogP contribution in [0.2, 0.25) is 5.15 Å². The van der Waals surface area contributed by atoms with E-state index < -0.39 is 5.60 Å². The third-order valence-corrected chi connectivity index (χ3v) is 3.47. The largest absolute Gasteiger partial charge is 0.493 e. The van der Waals surface area contributed by atoms with Crippen LogP contribution in [0.5, 0.6) is 5.75 Å². The second kappa shape index (κ2) is 6.60. The first-order valence-corrected chi connectivity index (χ1v) is 7.61. The average Bonchev–Trinajstić information content (AvgIpc) is 2.45. The number of nitrogens with zero attached hydrogens (tertiary/aromatic N) is 3. The van der Waals surface area contributed by atoms with Gasteiger partial charge in [0, 0.05) is 26.2 Å². The van der Waals surface area contributed by atoms with Crippen molar-refractivity contribution >= 4 is 23.5 Å². The molecule has 22 heavy (non-hydrogen) atoms. The first-order chi connectivity index (χ1) is 10.3. The van der Waals surface area contributed by atoms with Crippen molar-refractivity contribution in [2.24, 2.45) is 0 Å². The zero-order valence-corrected chi connectivity index (χ0v) is 14.2. The van der Waals surface area contributed by atoms with Crippen molar-refractivity contribution in [3.8, 4) is 5.75 Å². The van der Waals surface area contributed by atoms with Crippen LogP contribution in [0.4, 0.5) is 10.6 Å². The molecule has 0 spiro atoms. The molecule has 2 rings (SSSR count). The fraction of sp³-hybridized carbons (Fsp3) is 0.600. The summed E-state index contributed by atoms with van der Waals surface area (Å²) in [6, 6.07) is 3.49. The molecular formula is C15H22ClN3O3. The molecule has 7 heteroatoms. The molecule has 1 saturated heterocycles. The van der Waals surface area contributed by atoms with Crippen LogP contribution in [0.25, 0.3) is 0 Å². The molecular weight excluding hydrogens is 306 g/mol. The number of ether oxygens (including phenoxy) is 2. The monoisotopic (exact) mass is 327 g/mol. The van der Waals surface area contributed by atoms with Gasteiger partial charge in [-0.05, 0) is 32.9 Å². The Labute approximate surface area is 136 Å². The van der Waals surface area contributed by atoms with Gasteiger partial charge in [0.2, 0.25) is 0 Å². The Bertz CT molecular complexity index is 537. The van der Waals surface area contributed by atoms with E-state index in [-0.39, 0.29) is 6.09 Å². The third kappa shape index (κ3) is 4.16. The number of piperazine rings is 1. The summed E-state index contributed by atoms with van der Waals surface area (Å²) in [4.78, 5) is 20.2. The molecule has 1 aliphatic rings. The number of carbonyl (C=O) groups is 1. The lowest BCUT2D eigenvalue weighted by Gasteiger charge is -2.36. The van der Waals surface area contributed by atoms with Crippen molar-refractivity contribution in [3.05, 3.63) is 17.3 Å². The van der Waals surface area contributed by atoms with Crippen molar-refractivity contribution in [1.82, 2.24) is 9.88 Å². The SMILES string of the molecule is COc1ccc(Cl)nc1N1CCN(C(=O)OC(C)(C)C)CC1. The Kier molecular flexibility index (Phi) is 5.01. The first-order valence-electron chi connectivity index (χ1n) is 7.23. The number of methoxy groups -OCH3 is 1. The molecule has 0 bridgehead atoms. The third-order valence-electron chi connectivity index (χ3n) is 3.26. The minimum absolute atomic E-state index is 0.279. The maximum Gasteiger partial charge on any atom is 0.410 e. The van der Waals surface area contributed by atoms with Crippen molar-refractivity contribution in [3.63, 3.8) is 0 Å². The zero-order valence-electron chi connectivity index (χ0n) is 13.4. The normalized spacial score (nSPS) is 15.7. The number of rotatable bonds is 2. The summed E-state index contributed by atoms with van der Waals surface area (Å²) < 4.78 is 10.7. The topological polar surface area (TPSA) is 54.9 Å². The van der Waals surface area contributed by atoms with Gasteiger partial charge in [-0.1, -0.05) is 11.6 Å². The van der Waals surface area contributed by atoms with E-state index in [1.165, 1.54) is 0 Å². The van der Waals surface area contributed by atoms with Crippen LogP contribution in [0.15, 0.2) is 12.1 Å². The molecule has 6 nitrogen and oxygen atoms in total. The Morgan fingerprint density at radius 3 is 2.41 bits per heavy atom. The summed E-state index contributed by atoms with van der Waals surface area (Å²) in [6.07, 6.45) is -0.279. The van der Waals surface area contributed by atoms with Gasteiger partial charge in [-0.15, -0.1) is 0 Å². The summed E-state index contributed by atoms with van der Waals surface area (Å²) in [5, 5.41) is 0.422. The van der Waals surface area contributed by atoms with Gasteiger partial charge in [-0.3, -0.25) is 0 Å². The van der Waals surface area contributed by atoms with E-state index in [1.807, 2.05) is 20.8 Å². The smallest absolute Gasteiger partial charge is 0.410 e. The van der Waals surface area contributed by atoms with Gasteiger partial charge >= 0.3 is 6.09 Å². The zero-order chi connectivity index (χ0) is 16.3. The minimum Gasteiger partial charge on any atom is -0.493 e. The molecule has 1 fully saturated rings. The lowest BCUT2D eigenvalue weighted by molar-refractivity contribution is 0.0240. The van der Waals surface area contributed by atoms with Crippen molar-refractivity contribution in [2.45, 2.75) is 26.4 Å². The lowest BCUT2D eigenvalue weighted by atomic mass is 10.2. The quantitative estimate of drug-likeness (QED) is 0.782. The van der Waals surface area contributed by atoms with Crippen molar-refractivity contribution in [1.29, 1.82) is 0 Å². The summed E-state index contributed by atoms with van der Waals surface area (Å²) in [6.45, 7) is 8.05. The van der Waals surface area contributed by atoms with E-state index >= 15 is 0 Å². The maximum absolute atomic E-state index is 12.1. The molecule has 1 aliphatic heterocycles. The second-order valence-corrected chi connectivity index (χ2v) is 6.50. The maximum atomic E-state index is 12.1. The van der Waals surface area contributed by atoms with Crippen LogP contribution in [0, 0.1) is 0 Å². The van der Waals surface area contributed by atoms with Crippen LogP contribution in [-0.4, -0.2) is 54.9 Å². The average molecular weight is 328 g/mol. The number of carbonyl (C=O) groups excluding carboxylic acids is 1. The van der Waals surface area contributed by atoms with Crippen molar-refractivity contribution < 1.29 is 14.3 Å². The number of pyridine rings is 1. The van der Waals surface area contributed by atoms with Gasteiger partial charge in [0.25, 0.3) is 0 Å². The lowest BCUT2D eigenvalue weighted by Crippen LogP contribution is -2.50. The Morgan fingerprint density at radius 1 is 1.23 bits per heavy atom. The second-order valence-electron chi connectivity index (χ2n) is 6.11. The van der Waals surface area contributed by atoms with Crippen LogP contribution in [-0.2, 0) is 4.74 Å². The van der Waals surface area contributed by atoms with Gasteiger partial charge in [-0.2, -0.15) is 0 Å². The van der Waals surface area contributed by atoms with Gasteiger partial charge in [-0.25, -0.2) is 9.78 Å². The molecule has 0 N–H and O–H groups in total. The van der Waals surface area contributed by atoms with Gasteiger partial charge in [0.1, 0.15) is 10.8 Å². The molecule has 0 saturated carbocycles. The summed E-state index contributed by atoms with van der Waals surface area (Å²) in [5.41, 5.74) is -0.480. The van der Waals surface area contributed by atoms with Gasteiger partial charge in [0.05, 0.1) is 7.11 Å². The number of hydrogen-bond acceptors (Lipinski definition) is 5. The molecule has 122 valence electrons. The highest BCUT2D eigenvalue weighted by molar-refractivity contribution is 6.29. The van der Waals surface area contributed by atoms with Crippen LogP contribution < -0.4 is 9.64 Å². The highest BCUT2D eigenvalue weighted by Gasteiger charge is 2.27. The molecule has 0 aliphatic carbocycles. The van der Waals surface area contributed by atoms with Crippen molar-refractivity contribution in [2.75, 3.05) is 38.2 Å². The molecule has 0 radical (unpaired) electrons. The number of anilines is 1. The number of hydrogen-bond donors (Lipinski definition) is 0. The van der Waals surface area contributed by atoms with Crippen LogP contribution in [0.3, 0.4) is 0 Å². The van der Waals surface area contributed by atoms with Gasteiger partial charge < -0.3 is 19.3 Å². The Hall–Kier alpha value is -1.69. The minimum atomic E-state index is -0.480. The number of halogens is 1. The highest BCUT2D eigenvalue weighted by atomic mass is 35.5. The van der Waals surface area contributed by atoms with Gasteiger partial charge in [0.15, 0.2) is 11.6 Å². The molecule has 0 aromatic carbocycles. The van der Waals surface area contributed by atoms with Crippen LogP contribution >= 0.6 is 11.6 Å². The van der Waals surface area contributed by atoms with E-state index in [1.54, 1.807) is 24.1 Å². The van der Waals surface area contributed by atoms with E-state index in [0.29, 0.717) is 42.9 Å². The summed E-state index contributed by atoms with van der Waals surface area (Å²) in [5.74, 6) is 1.38. The van der Waals surface area contributed by atoms with E-state index in [9.17, 15) is 4.79 Å². The summed E-state index contributed by atoms with van der Waals surface area (Å²) in [7, 11) is 1.60. The summed E-state index contributed by atoms with van der Waals surface area (Å²) >= 11 is 5.97.